The van der Waals surface area contributed by atoms with E-state index in [1.165, 1.54) is 11.3 Å². The fourth-order valence-electron chi connectivity index (χ4n) is 2.82. The molecule has 1 saturated heterocycles. The second-order valence-electron chi connectivity index (χ2n) is 5.97. The topological polar surface area (TPSA) is 44.7 Å². The van der Waals surface area contributed by atoms with E-state index in [0.717, 1.165) is 39.3 Å². The molecule has 4 heteroatoms. The molecule has 1 aromatic carbocycles. The summed E-state index contributed by atoms with van der Waals surface area (Å²) in [5, 5.41) is 12.8. The van der Waals surface area contributed by atoms with Gasteiger partial charge in [0.2, 0.25) is 0 Å². The van der Waals surface area contributed by atoms with E-state index in [-0.39, 0.29) is 6.61 Å². The Morgan fingerprint density at radius 2 is 1.95 bits per heavy atom. The Morgan fingerprint density at radius 3 is 2.62 bits per heavy atom. The van der Waals surface area contributed by atoms with E-state index in [2.05, 4.69) is 48.3 Å². The number of hydrogen-bond acceptors (Lipinski definition) is 4. The van der Waals surface area contributed by atoms with Crippen molar-refractivity contribution in [2.24, 2.45) is 5.92 Å². The van der Waals surface area contributed by atoms with Crippen LogP contribution in [0.5, 0.6) is 0 Å². The Hall–Kier alpha value is -1.10. The monoisotopic (exact) mass is 292 g/mol. The number of morpholine rings is 1. The van der Waals surface area contributed by atoms with Crippen LogP contribution in [-0.4, -0.2) is 44.1 Å². The van der Waals surface area contributed by atoms with Crippen LogP contribution in [-0.2, 0) is 11.3 Å². The summed E-state index contributed by atoms with van der Waals surface area (Å²) < 4.78 is 5.44. The number of aliphatic hydroxyl groups is 1. The van der Waals surface area contributed by atoms with Gasteiger partial charge in [0, 0.05) is 38.0 Å². The van der Waals surface area contributed by atoms with Gasteiger partial charge in [-0.2, -0.15) is 0 Å². The molecular weight excluding hydrogens is 264 g/mol. The van der Waals surface area contributed by atoms with E-state index in [1.807, 2.05) is 0 Å². The first kappa shape index (κ1) is 16.3. The molecule has 0 aliphatic carbocycles. The van der Waals surface area contributed by atoms with Crippen molar-refractivity contribution in [3.63, 3.8) is 0 Å². The predicted molar refractivity (Wildman–Crippen MR) is 86.6 cm³/mol. The largest absolute Gasteiger partial charge is 0.396 e. The van der Waals surface area contributed by atoms with Crippen LogP contribution < -0.4 is 10.2 Å². The van der Waals surface area contributed by atoms with Gasteiger partial charge < -0.3 is 20.1 Å². The second-order valence-corrected chi connectivity index (χ2v) is 5.97. The summed E-state index contributed by atoms with van der Waals surface area (Å²) in [4.78, 5) is 2.40. The predicted octanol–water partition coefficient (Wildman–Crippen LogP) is 2.02. The molecule has 0 spiro atoms. The fraction of sp³-hybridized carbons (Fsp3) is 0.647. The highest BCUT2D eigenvalue weighted by atomic mass is 16.5. The quantitative estimate of drug-likeness (QED) is 0.807. The smallest absolute Gasteiger partial charge is 0.0642 e. The summed E-state index contributed by atoms with van der Waals surface area (Å²) in [6.07, 6.45) is 0.803. The van der Waals surface area contributed by atoms with Crippen LogP contribution in [0, 0.1) is 5.92 Å². The fourth-order valence-corrected chi connectivity index (χ4v) is 2.82. The summed E-state index contributed by atoms with van der Waals surface area (Å²) >= 11 is 0. The third-order valence-electron chi connectivity index (χ3n) is 4.14. The van der Waals surface area contributed by atoms with E-state index in [1.54, 1.807) is 0 Å². The van der Waals surface area contributed by atoms with E-state index >= 15 is 0 Å². The lowest BCUT2D eigenvalue weighted by atomic mass is 10.0. The lowest BCUT2D eigenvalue weighted by Crippen LogP contribution is -2.38. The third kappa shape index (κ3) is 4.70. The summed E-state index contributed by atoms with van der Waals surface area (Å²) in [5.74, 6) is 0.521. The number of aliphatic hydroxyl groups excluding tert-OH is 1. The van der Waals surface area contributed by atoms with Crippen LogP contribution in [0.3, 0.4) is 0 Å². The molecule has 1 heterocycles. The molecule has 0 saturated carbocycles. The number of nitrogens with zero attached hydrogens (tertiary/aromatic N) is 1. The number of benzene rings is 1. The number of nitrogens with one attached hydrogen (secondary N) is 1. The Kier molecular flexibility index (Phi) is 6.49. The summed E-state index contributed by atoms with van der Waals surface area (Å²) in [6.45, 7) is 9.00. The van der Waals surface area contributed by atoms with Crippen LogP contribution >= 0.6 is 0 Å². The Morgan fingerprint density at radius 1 is 1.24 bits per heavy atom. The van der Waals surface area contributed by atoms with Crippen molar-refractivity contribution in [3.8, 4) is 0 Å². The van der Waals surface area contributed by atoms with Gasteiger partial charge in [-0.3, -0.25) is 0 Å². The highest BCUT2D eigenvalue weighted by molar-refractivity contribution is 5.53. The first-order chi connectivity index (χ1) is 10.2. The molecule has 1 fully saturated rings. The molecule has 2 rings (SSSR count). The highest BCUT2D eigenvalue weighted by Crippen LogP contribution is 2.22. The minimum absolute atomic E-state index is 0.237. The average Bonchev–Trinajstić information content (AvgIpc) is 2.52. The molecule has 2 N–H and O–H groups in total. The van der Waals surface area contributed by atoms with E-state index < -0.39 is 0 Å². The zero-order valence-corrected chi connectivity index (χ0v) is 13.2. The van der Waals surface area contributed by atoms with Gasteiger partial charge in [0.25, 0.3) is 0 Å². The highest BCUT2D eigenvalue weighted by Gasteiger charge is 2.16. The van der Waals surface area contributed by atoms with E-state index in [0.29, 0.717) is 12.0 Å². The molecule has 0 amide bonds. The summed E-state index contributed by atoms with van der Waals surface area (Å²) in [7, 11) is 0. The van der Waals surface area contributed by atoms with Gasteiger partial charge in [-0.15, -0.1) is 0 Å². The third-order valence-corrected chi connectivity index (χ3v) is 4.14. The number of hydrogen-bond donors (Lipinski definition) is 2. The van der Waals surface area contributed by atoms with Gasteiger partial charge in [0.15, 0.2) is 0 Å². The van der Waals surface area contributed by atoms with Crippen molar-refractivity contribution in [1.29, 1.82) is 0 Å². The SMILES string of the molecule is CC(C)C(CCO)NCc1ccccc1N1CCOCC1. The standard InChI is InChI=1S/C17H28N2O2/c1-14(2)16(7-10-20)18-13-15-5-3-4-6-17(15)19-8-11-21-12-9-19/h3-6,14,16,18,20H,7-13H2,1-2H3. The Balaban J connectivity index is 2.02. The molecule has 1 aliphatic heterocycles. The normalized spacial score (nSPS) is 17.2. The van der Waals surface area contributed by atoms with Gasteiger partial charge in [0.05, 0.1) is 13.2 Å². The van der Waals surface area contributed by atoms with Gasteiger partial charge in [-0.05, 0) is 24.0 Å². The molecule has 4 nitrogen and oxygen atoms in total. The van der Waals surface area contributed by atoms with E-state index in [9.17, 15) is 5.11 Å². The van der Waals surface area contributed by atoms with Crippen molar-refractivity contribution in [2.45, 2.75) is 32.9 Å². The molecule has 0 aromatic heterocycles. The average molecular weight is 292 g/mol. The maximum absolute atomic E-state index is 9.18. The molecule has 1 aromatic rings. The summed E-state index contributed by atoms with van der Waals surface area (Å²) in [6, 6.07) is 8.93. The van der Waals surface area contributed by atoms with Crippen LogP contribution in [0.4, 0.5) is 5.69 Å². The van der Waals surface area contributed by atoms with Crippen LogP contribution in [0.2, 0.25) is 0 Å². The molecular formula is C17H28N2O2. The molecule has 21 heavy (non-hydrogen) atoms. The van der Waals surface area contributed by atoms with Crippen molar-refractivity contribution in [2.75, 3.05) is 37.8 Å². The lowest BCUT2D eigenvalue weighted by Gasteiger charge is -2.31. The second kappa shape index (κ2) is 8.37. The van der Waals surface area contributed by atoms with Gasteiger partial charge in [-0.1, -0.05) is 32.0 Å². The van der Waals surface area contributed by atoms with E-state index in [4.69, 9.17) is 4.74 Å². The van der Waals surface area contributed by atoms with Crippen LogP contribution in [0.15, 0.2) is 24.3 Å². The van der Waals surface area contributed by atoms with Crippen molar-refractivity contribution in [1.82, 2.24) is 5.32 Å². The molecule has 0 bridgehead atoms. The van der Waals surface area contributed by atoms with Crippen LogP contribution in [0.1, 0.15) is 25.8 Å². The Labute approximate surface area is 128 Å². The van der Waals surface area contributed by atoms with Gasteiger partial charge >= 0.3 is 0 Å². The molecule has 118 valence electrons. The number of ether oxygens (including phenoxy) is 1. The first-order valence-electron chi connectivity index (χ1n) is 7.97. The zero-order chi connectivity index (χ0) is 15.1. The zero-order valence-electron chi connectivity index (χ0n) is 13.2. The minimum Gasteiger partial charge on any atom is -0.396 e. The minimum atomic E-state index is 0.237. The Bertz CT molecular complexity index is 417. The van der Waals surface area contributed by atoms with Crippen LogP contribution in [0.25, 0.3) is 0 Å². The maximum Gasteiger partial charge on any atom is 0.0642 e. The molecule has 1 atom stereocenters. The maximum atomic E-state index is 9.18. The molecule has 1 unspecified atom stereocenters. The first-order valence-corrected chi connectivity index (χ1v) is 7.97. The van der Waals surface area contributed by atoms with Crippen molar-refractivity contribution in [3.05, 3.63) is 29.8 Å². The molecule has 1 aliphatic rings. The summed E-state index contributed by atoms with van der Waals surface area (Å²) in [5.41, 5.74) is 2.63. The van der Waals surface area contributed by atoms with Crippen molar-refractivity contribution >= 4 is 5.69 Å². The number of para-hydroxylation sites is 1. The van der Waals surface area contributed by atoms with Gasteiger partial charge in [0.1, 0.15) is 0 Å². The van der Waals surface area contributed by atoms with Crippen molar-refractivity contribution < 1.29 is 9.84 Å². The lowest BCUT2D eigenvalue weighted by molar-refractivity contribution is 0.122. The van der Waals surface area contributed by atoms with Gasteiger partial charge in [-0.25, -0.2) is 0 Å². The number of anilines is 1. The number of rotatable bonds is 7. The molecule has 0 radical (unpaired) electrons.